The Bertz CT molecular complexity index is 605. The van der Waals surface area contributed by atoms with E-state index in [0.29, 0.717) is 31.5 Å². The van der Waals surface area contributed by atoms with E-state index in [1.54, 1.807) is 0 Å². The van der Waals surface area contributed by atoms with E-state index in [1.165, 1.54) is 12.1 Å². The van der Waals surface area contributed by atoms with Crippen molar-refractivity contribution in [3.05, 3.63) is 35.4 Å². The maximum absolute atomic E-state index is 13.4. The molecule has 2 aliphatic heterocycles. The lowest BCUT2D eigenvalue weighted by Gasteiger charge is -2.48. The summed E-state index contributed by atoms with van der Waals surface area (Å²) in [6, 6.07) is 3.68. The van der Waals surface area contributed by atoms with Crippen LogP contribution in [0.5, 0.6) is 0 Å². The standard InChI is InChI=1S/C19H26F2N2O2/c20-16-9-15(10-17(21)11-16)12-22-6-1-4-19(13-22)5-3-18(25)23(14-19)7-2-8-24/h9-11,24H,1-8,12-14H2/t19-/m1/s1. The number of hydrogen-bond donors (Lipinski definition) is 1. The van der Waals surface area contributed by atoms with Gasteiger partial charge in [0, 0.05) is 50.7 Å². The summed E-state index contributed by atoms with van der Waals surface area (Å²) in [6.07, 6.45) is 4.13. The van der Waals surface area contributed by atoms with E-state index in [2.05, 4.69) is 4.90 Å². The molecule has 6 heteroatoms. The number of nitrogens with zero attached hydrogens (tertiary/aromatic N) is 2. The van der Waals surface area contributed by atoms with Crippen molar-refractivity contribution >= 4 is 5.91 Å². The molecular formula is C19H26F2N2O2. The van der Waals surface area contributed by atoms with Crippen LogP contribution in [-0.2, 0) is 11.3 Å². The first-order chi connectivity index (χ1) is 12.0. The van der Waals surface area contributed by atoms with E-state index in [-0.39, 0.29) is 17.9 Å². The van der Waals surface area contributed by atoms with Crippen molar-refractivity contribution < 1.29 is 18.7 Å². The quantitative estimate of drug-likeness (QED) is 0.886. The maximum Gasteiger partial charge on any atom is 0.222 e. The highest BCUT2D eigenvalue weighted by atomic mass is 19.1. The molecular weight excluding hydrogens is 326 g/mol. The van der Waals surface area contributed by atoms with Gasteiger partial charge in [-0.2, -0.15) is 0 Å². The summed E-state index contributed by atoms with van der Waals surface area (Å²) in [5.74, 6) is -0.913. The van der Waals surface area contributed by atoms with Crippen LogP contribution in [-0.4, -0.2) is 53.6 Å². The van der Waals surface area contributed by atoms with Crippen molar-refractivity contribution in [3.63, 3.8) is 0 Å². The number of amides is 1. The second-order valence-electron chi connectivity index (χ2n) is 7.48. The van der Waals surface area contributed by atoms with E-state index in [4.69, 9.17) is 5.11 Å². The molecule has 1 spiro atoms. The minimum absolute atomic E-state index is 0.0630. The maximum atomic E-state index is 13.4. The van der Waals surface area contributed by atoms with Gasteiger partial charge in [-0.25, -0.2) is 8.78 Å². The number of likely N-dealkylation sites (tertiary alicyclic amines) is 2. The topological polar surface area (TPSA) is 43.8 Å². The van der Waals surface area contributed by atoms with Gasteiger partial charge in [-0.3, -0.25) is 9.69 Å². The second kappa shape index (κ2) is 7.79. The first-order valence-electron chi connectivity index (χ1n) is 9.06. The minimum Gasteiger partial charge on any atom is -0.396 e. The predicted molar refractivity (Wildman–Crippen MR) is 90.8 cm³/mol. The molecule has 2 heterocycles. The van der Waals surface area contributed by atoms with Gasteiger partial charge in [0.15, 0.2) is 0 Å². The lowest BCUT2D eigenvalue weighted by Crippen LogP contribution is -2.54. The molecule has 25 heavy (non-hydrogen) atoms. The highest BCUT2D eigenvalue weighted by Crippen LogP contribution is 2.39. The van der Waals surface area contributed by atoms with Gasteiger partial charge in [0.1, 0.15) is 11.6 Å². The summed E-state index contributed by atoms with van der Waals surface area (Å²) in [5.41, 5.74) is 0.714. The summed E-state index contributed by atoms with van der Waals surface area (Å²) >= 11 is 0. The smallest absolute Gasteiger partial charge is 0.222 e. The van der Waals surface area contributed by atoms with Crippen LogP contribution in [0.15, 0.2) is 18.2 Å². The summed E-state index contributed by atoms with van der Waals surface area (Å²) in [7, 11) is 0. The van der Waals surface area contributed by atoms with Crippen LogP contribution in [0, 0.1) is 17.0 Å². The van der Waals surface area contributed by atoms with Crippen LogP contribution < -0.4 is 0 Å². The molecule has 138 valence electrons. The number of piperidine rings is 2. The van der Waals surface area contributed by atoms with Gasteiger partial charge in [-0.1, -0.05) is 0 Å². The lowest BCUT2D eigenvalue weighted by atomic mass is 9.73. The summed E-state index contributed by atoms with van der Waals surface area (Å²) < 4.78 is 26.8. The fourth-order valence-corrected chi connectivity index (χ4v) is 4.31. The Hall–Kier alpha value is -1.53. The summed E-state index contributed by atoms with van der Waals surface area (Å²) in [4.78, 5) is 16.2. The number of aliphatic hydroxyl groups excluding tert-OH is 1. The molecule has 1 amide bonds. The normalized spacial score (nSPS) is 24.9. The predicted octanol–water partition coefficient (Wildman–Crippen LogP) is 2.55. The van der Waals surface area contributed by atoms with E-state index in [0.717, 1.165) is 45.0 Å². The Morgan fingerprint density at radius 2 is 1.88 bits per heavy atom. The molecule has 0 unspecified atom stereocenters. The van der Waals surface area contributed by atoms with Crippen molar-refractivity contribution in [1.82, 2.24) is 9.80 Å². The largest absolute Gasteiger partial charge is 0.396 e. The third-order valence-corrected chi connectivity index (χ3v) is 5.40. The first kappa shape index (κ1) is 18.3. The monoisotopic (exact) mass is 352 g/mol. The Morgan fingerprint density at radius 3 is 2.60 bits per heavy atom. The molecule has 0 saturated carbocycles. The SMILES string of the molecule is O=C1CC[C@@]2(CCCN(Cc3cc(F)cc(F)c3)C2)CN1CCCO. The average Bonchev–Trinajstić information content (AvgIpc) is 2.55. The number of rotatable bonds is 5. The first-order valence-corrected chi connectivity index (χ1v) is 9.06. The van der Waals surface area contributed by atoms with Crippen molar-refractivity contribution in [2.45, 2.75) is 38.6 Å². The zero-order valence-electron chi connectivity index (χ0n) is 14.5. The van der Waals surface area contributed by atoms with Crippen LogP contribution in [0.2, 0.25) is 0 Å². The van der Waals surface area contributed by atoms with E-state index in [9.17, 15) is 13.6 Å². The minimum atomic E-state index is -0.542. The fraction of sp³-hybridized carbons (Fsp3) is 0.632. The molecule has 2 saturated heterocycles. The van der Waals surface area contributed by atoms with Crippen LogP contribution in [0.4, 0.5) is 8.78 Å². The third-order valence-electron chi connectivity index (χ3n) is 5.40. The fourth-order valence-electron chi connectivity index (χ4n) is 4.31. The Balaban J connectivity index is 1.66. The number of halogens is 2. The molecule has 2 aliphatic rings. The Morgan fingerprint density at radius 1 is 1.12 bits per heavy atom. The molecule has 1 atom stereocenters. The van der Waals surface area contributed by atoms with Gasteiger partial charge >= 0.3 is 0 Å². The van der Waals surface area contributed by atoms with Gasteiger partial charge in [0.2, 0.25) is 5.91 Å². The van der Waals surface area contributed by atoms with Crippen molar-refractivity contribution in [2.75, 3.05) is 32.8 Å². The lowest BCUT2D eigenvalue weighted by molar-refractivity contribution is -0.139. The van der Waals surface area contributed by atoms with Gasteiger partial charge in [0.05, 0.1) is 0 Å². The van der Waals surface area contributed by atoms with Gasteiger partial charge in [-0.15, -0.1) is 0 Å². The Labute approximate surface area is 147 Å². The van der Waals surface area contributed by atoms with Crippen molar-refractivity contribution in [2.24, 2.45) is 5.41 Å². The molecule has 0 radical (unpaired) electrons. The van der Waals surface area contributed by atoms with Crippen molar-refractivity contribution in [3.8, 4) is 0 Å². The molecule has 3 rings (SSSR count). The summed E-state index contributed by atoms with van der Waals surface area (Å²) in [5, 5.41) is 9.03. The summed E-state index contributed by atoms with van der Waals surface area (Å²) in [6.45, 7) is 3.69. The molecule has 1 N–H and O–H groups in total. The molecule has 0 aliphatic carbocycles. The van der Waals surface area contributed by atoms with Gasteiger partial charge in [0.25, 0.3) is 0 Å². The van der Waals surface area contributed by atoms with Crippen molar-refractivity contribution in [1.29, 1.82) is 0 Å². The van der Waals surface area contributed by atoms with Gasteiger partial charge < -0.3 is 10.0 Å². The van der Waals surface area contributed by atoms with Crippen LogP contribution >= 0.6 is 0 Å². The molecule has 1 aromatic carbocycles. The number of aliphatic hydroxyl groups is 1. The zero-order valence-corrected chi connectivity index (χ0v) is 14.5. The number of hydrogen-bond acceptors (Lipinski definition) is 3. The molecule has 0 aromatic heterocycles. The number of carbonyl (C=O) groups excluding carboxylic acids is 1. The molecule has 0 bridgehead atoms. The second-order valence-corrected chi connectivity index (χ2v) is 7.48. The van der Waals surface area contributed by atoms with Crippen LogP contribution in [0.3, 0.4) is 0 Å². The third kappa shape index (κ3) is 4.55. The zero-order chi connectivity index (χ0) is 17.9. The Kier molecular flexibility index (Phi) is 5.69. The highest BCUT2D eigenvalue weighted by Gasteiger charge is 2.41. The molecule has 1 aromatic rings. The average molecular weight is 352 g/mol. The van der Waals surface area contributed by atoms with E-state index >= 15 is 0 Å². The molecule has 4 nitrogen and oxygen atoms in total. The van der Waals surface area contributed by atoms with Gasteiger partial charge in [-0.05, 0) is 49.9 Å². The highest BCUT2D eigenvalue weighted by molar-refractivity contribution is 5.77. The number of benzene rings is 1. The number of carbonyl (C=O) groups is 1. The van der Waals surface area contributed by atoms with E-state index in [1.807, 2.05) is 4.90 Å². The van der Waals surface area contributed by atoms with Crippen LogP contribution in [0.25, 0.3) is 0 Å². The molecule has 2 fully saturated rings. The van der Waals surface area contributed by atoms with E-state index < -0.39 is 11.6 Å². The van der Waals surface area contributed by atoms with Crippen LogP contribution in [0.1, 0.15) is 37.7 Å².